The normalized spacial score (nSPS) is 12.0. The van der Waals surface area contributed by atoms with E-state index >= 15 is 0 Å². The first-order valence-electron chi connectivity index (χ1n) is 7.93. The Bertz CT molecular complexity index is 676. The molecule has 0 radical (unpaired) electrons. The molecular weight excluding hydrogens is 310 g/mol. The molecule has 0 aliphatic rings. The Morgan fingerprint density at radius 2 is 1.79 bits per heavy atom. The number of carbonyl (C=O) groups excluding carboxylic acids is 1. The van der Waals surface area contributed by atoms with Gasteiger partial charge in [0, 0.05) is 26.1 Å². The highest BCUT2D eigenvalue weighted by Gasteiger charge is 2.15. The van der Waals surface area contributed by atoms with Crippen LogP contribution in [0.3, 0.4) is 0 Å². The van der Waals surface area contributed by atoms with E-state index in [0.717, 1.165) is 25.0 Å². The Balaban J connectivity index is 1.80. The number of rotatable bonds is 7. The van der Waals surface area contributed by atoms with Crippen LogP contribution in [0.15, 0.2) is 48.5 Å². The van der Waals surface area contributed by atoms with Crippen LogP contribution in [-0.2, 0) is 17.8 Å². The molecular formula is C19H22F2N2O. The van der Waals surface area contributed by atoms with E-state index in [-0.39, 0.29) is 24.9 Å². The molecule has 0 aromatic heterocycles. The van der Waals surface area contributed by atoms with E-state index in [9.17, 15) is 13.6 Å². The molecule has 0 saturated heterocycles. The van der Waals surface area contributed by atoms with Crippen LogP contribution in [0.25, 0.3) is 0 Å². The van der Waals surface area contributed by atoms with Crippen LogP contribution < -0.4 is 5.73 Å². The molecule has 0 unspecified atom stereocenters. The molecule has 2 N–H and O–H groups in total. The molecule has 24 heavy (non-hydrogen) atoms. The summed E-state index contributed by atoms with van der Waals surface area (Å²) in [6.45, 7) is 0.224. The second-order valence-corrected chi connectivity index (χ2v) is 5.99. The van der Waals surface area contributed by atoms with Gasteiger partial charge in [-0.05, 0) is 36.1 Å². The van der Waals surface area contributed by atoms with Gasteiger partial charge in [0.15, 0.2) is 11.6 Å². The van der Waals surface area contributed by atoms with Crippen molar-refractivity contribution in [3.05, 3.63) is 71.3 Å². The van der Waals surface area contributed by atoms with Crippen molar-refractivity contribution in [2.75, 3.05) is 7.05 Å². The van der Waals surface area contributed by atoms with Crippen LogP contribution in [-0.4, -0.2) is 23.9 Å². The average molecular weight is 332 g/mol. The Morgan fingerprint density at radius 1 is 1.08 bits per heavy atom. The number of aryl methyl sites for hydroxylation is 1. The molecule has 1 atom stereocenters. The monoisotopic (exact) mass is 332 g/mol. The molecule has 2 aromatic carbocycles. The van der Waals surface area contributed by atoms with Crippen molar-refractivity contribution >= 4 is 5.91 Å². The lowest BCUT2D eigenvalue weighted by molar-refractivity contribution is -0.130. The molecule has 128 valence electrons. The fraction of sp³-hybridized carbons (Fsp3) is 0.316. The van der Waals surface area contributed by atoms with Gasteiger partial charge in [-0.25, -0.2) is 8.78 Å². The lowest BCUT2D eigenvalue weighted by atomic mass is 10.0. The van der Waals surface area contributed by atoms with E-state index in [1.807, 2.05) is 30.3 Å². The largest absolute Gasteiger partial charge is 0.341 e. The van der Waals surface area contributed by atoms with Crippen LogP contribution in [0.4, 0.5) is 8.78 Å². The van der Waals surface area contributed by atoms with Crippen molar-refractivity contribution in [1.29, 1.82) is 0 Å². The molecule has 0 aliphatic heterocycles. The number of nitrogens with two attached hydrogens (primary N) is 1. The zero-order valence-corrected chi connectivity index (χ0v) is 13.7. The highest BCUT2D eigenvalue weighted by molar-refractivity contribution is 5.76. The van der Waals surface area contributed by atoms with Gasteiger partial charge in [-0.15, -0.1) is 0 Å². The van der Waals surface area contributed by atoms with Gasteiger partial charge in [0.2, 0.25) is 5.91 Å². The number of benzene rings is 2. The maximum absolute atomic E-state index is 13.2. The molecule has 5 heteroatoms. The van der Waals surface area contributed by atoms with E-state index in [1.54, 1.807) is 7.05 Å². The fourth-order valence-corrected chi connectivity index (χ4v) is 2.48. The van der Waals surface area contributed by atoms with Gasteiger partial charge < -0.3 is 10.6 Å². The van der Waals surface area contributed by atoms with Gasteiger partial charge in [0.1, 0.15) is 0 Å². The van der Waals surface area contributed by atoms with Crippen LogP contribution in [0.5, 0.6) is 0 Å². The summed E-state index contributed by atoms with van der Waals surface area (Å²) in [6.07, 6.45) is 1.77. The van der Waals surface area contributed by atoms with Crippen LogP contribution in [0, 0.1) is 11.6 Å². The smallest absolute Gasteiger partial charge is 0.224 e. The Kier molecular flexibility index (Phi) is 6.44. The fourth-order valence-electron chi connectivity index (χ4n) is 2.48. The predicted octanol–water partition coefficient (Wildman–Crippen LogP) is 3.27. The van der Waals surface area contributed by atoms with Gasteiger partial charge in [-0.1, -0.05) is 36.4 Å². The first kappa shape index (κ1) is 18.1. The summed E-state index contributed by atoms with van der Waals surface area (Å²) >= 11 is 0. The van der Waals surface area contributed by atoms with Crippen molar-refractivity contribution < 1.29 is 13.6 Å². The maximum atomic E-state index is 13.2. The minimum Gasteiger partial charge on any atom is -0.341 e. The van der Waals surface area contributed by atoms with E-state index in [2.05, 4.69) is 0 Å². The molecule has 0 saturated carbocycles. The van der Waals surface area contributed by atoms with E-state index in [1.165, 1.54) is 16.5 Å². The van der Waals surface area contributed by atoms with Crippen molar-refractivity contribution in [2.45, 2.75) is 31.8 Å². The minimum atomic E-state index is -0.909. The lowest BCUT2D eigenvalue weighted by Crippen LogP contribution is -2.33. The summed E-state index contributed by atoms with van der Waals surface area (Å²) in [5.41, 5.74) is 7.77. The average Bonchev–Trinajstić information content (AvgIpc) is 2.57. The van der Waals surface area contributed by atoms with Gasteiger partial charge in [0.25, 0.3) is 0 Å². The molecule has 2 aromatic rings. The number of hydrogen-bond acceptors (Lipinski definition) is 2. The van der Waals surface area contributed by atoms with Gasteiger partial charge in [-0.3, -0.25) is 4.79 Å². The molecule has 0 heterocycles. The van der Waals surface area contributed by atoms with Crippen LogP contribution in [0.1, 0.15) is 24.0 Å². The first-order valence-corrected chi connectivity index (χ1v) is 7.93. The third-order valence-corrected chi connectivity index (χ3v) is 3.91. The summed E-state index contributed by atoms with van der Waals surface area (Å²) in [7, 11) is 1.63. The van der Waals surface area contributed by atoms with Gasteiger partial charge in [0.05, 0.1) is 0 Å². The lowest BCUT2D eigenvalue weighted by Gasteiger charge is -2.20. The second kappa shape index (κ2) is 8.55. The Morgan fingerprint density at radius 3 is 2.46 bits per heavy atom. The number of hydrogen-bond donors (Lipinski definition) is 1. The Labute approximate surface area is 141 Å². The van der Waals surface area contributed by atoms with Crippen molar-refractivity contribution in [2.24, 2.45) is 5.73 Å². The van der Waals surface area contributed by atoms with Gasteiger partial charge in [-0.2, -0.15) is 0 Å². The summed E-state index contributed by atoms with van der Waals surface area (Å²) in [6, 6.07) is 13.4. The quantitative estimate of drug-likeness (QED) is 0.846. The molecule has 0 aliphatic carbocycles. The van der Waals surface area contributed by atoms with E-state index < -0.39 is 11.6 Å². The zero-order chi connectivity index (χ0) is 17.5. The SMILES string of the molecule is CN(Cc1ccc(F)c(F)c1)C(=O)C[C@@H](N)CCc1ccccc1. The first-order chi connectivity index (χ1) is 11.5. The summed E-state index contributed by atoms with van der Waals surface area (Å²) in [5, 5.41) is 0. The standard InChI is InChI=1S/C19H22F2N2O/c1-23(13-15-8-10-17(20)18(21)11-15)19(24)12-16(22)9-7-14-5-3-2-4-6-14/h2-6,8,10-11,16H,7,9,12-13,22H2,1H3/t16-/m0/s1. The van der Waals surface area contributed by atoms with E-state index in [4.69, 9.17) is 5.73 Å². The number of carbonyl (C=O) groups is 1. The third kappa shape index (κ3) is 5.42. The highest BCUT2D eigenvalue weighted by Crippen LogP contribution is 2.12. The number of nitrogens with zero attached hydrogens (tertiary/aromatic N) is 1. The minimum absolute atomic E-state index is 0.111. The zero-order valence-electron chi connectivity index (χ0n) is 13.7. The molecule has 1 amide bonds. The molecule has 0 spiro atoms. The number of halogens is 2. The third-order valence-electron chi connectivity index (χ3n) is 3.91. The highest BCUT2D eigenvalue weighted by atomic mass is 19.2. The van der Waals surface area contributed by atoms with Crippen LogP contribution >= 0.6 is 0 Å². The van der Waals surface area contributed by atoms with Gasteiger partial charge >= 0.3 is 0 Å². The second-order valence-electron chi connectivity index (χ2n) is 5.99. The molecule has 3 nitrogen and oxygen atoms in total. The molecule has 2 rings (SSSR count). The topological polar surface area (TPSA) is 46.3 Å². The summed E-state index contributed by atoms with van der Waals surface area (Å²) < 4.78 is 26.1. The molecule has 0 bridgehead atoms. The maximum Gasteiger partial charge on any atom is 0.224 e. The van der Waals surface area contributed by atoms with E-state index in [0.29, 0.717) is 5.56 Å². The Hall–Kier alpha value is -2.27. The van der Waals surface area contributed by atoms with Crippen LogP contribution in [0.2, 0.25) is 0 Å². The van der Waals surface area contributed by atoms with Crippen molar-refractivity contribution in [3.8, 4) is 0 Å². The predicted molar refractivity (Wildman–Crippen MR) is 90.2 cm³/mol. The van der Waals surface area contributed by atoms with Crippen molar-refractivity contribution in [3.63, 3.8) is 0 Å². The molecule has 0 fully saturated rings. The van der Waals surface area contributed by atoms with Crippen molar-refractivity contribution in [1.82, 2.24) is 4.90 Å². The summed E-state index contributed by atoms with van der Waals surface area (Å²) in [5.74, 6) is -1.91. The summed E-state index contributed by atoms with van der Waals surface area (Å²) in [4.78, 5) is 13.7. The number of amides is 1.